The van der Waals surface area contributed by atoms with Crippen LogP contribution in [0.25, 0.3) is 0 Å². The Labute approximate surface area is 242 Å². The minimum Gasteiger partial charge on any atom is -0.457 e. The van der Waals surface area contributed by atoms with E-state index in [0.717, 1.165) is 24.3 Å². The summed E-state index contributed by atoms with van der Waals surface area (Å²) in [5.74, 6) is -2.35. The monoisotopic (exact) mass is 584 g/mol. The molecule has 0 radical (unpaired) electrons. The summed E-state index contributed by atoms with van der Waals surface area (Å²) in [6.45, 7) is 20.5. The molecular weight excluding hydrogens is 540 g/mol. The summed E-state index contributed by atoms with van der Waals surface area (Å²) in [5.41, 5.74) is -0.936. The topological polar surface area (TPSA) is 142 Å². The molecule has 0 bridgehead atoms. The van der Waals surface area contributed by atoms with Gasteiger partial charge in [-0.05, 0) is 27.7 Å². The highest BCUT2D eigenvalue weighted by atomic mass is 16.6. The molecule has 4 unspecified atom stereocenters. The van der Waals surface area contributed by atoms with Gasteiger partial charge in [0.25, 0.3) is 0 Å². The molecule has 0 aromatic rings. The fourth-order valence-corrected chi connectivity index (χ4v) is 3.14. The lowest BCUT2D eigenvalue weighted by Crippen LogP contribution is -2.44. The Bertz CT molecular complexity index is 726. The molecule has 0 N–H and O–H groups in total. The largest absolute Gasteiger partial charge is 0.457 e. The molecule has 0 saturated carbocycles. The van der Waals surface area contributed by atoms with Gasteiger partial charge in [-0.25, -0.2) is 19.2 Å². The van der Waals surface area contributed by atoms with Crippen LogP contribution in [0, 0.1) is 5.41 Å². The van der Waals surface area contributed by atoms with Gasteiger partial charge < -0.3 is 37.9 Å². The Hall–Kier alpha value is -3.32. The van der Waals surface area contributed by atoms with Crippen molar-refractivity contribution >= 4 is 23.9 Å². The first kappa shape index (κ1) is 37.7. The van der Waals surface area contributed by atoms with Crippen molar-refractivity contribution in [1.82, 2.24) is 0 Å². The molecule has 0 heterocycles. The van der Waals surface area contributed by atoms with Crippen LogP contribution in [0.1, 0.15) is 27.7 Å². The van der Waals surface area contributed by atoms with Crippen LogP contribution in [0.5, 0.6) is 0 Å². The zero-order chi connectivity index (χ0) is 31.3. The van der Waals surface area contributed by atoms with Gasteiger partial charge in [0, 0.05) is 24.3 Å². The minimum atomic E-state index is -0.936. The standard InChI is InChI=1S/C29H44O12/c1-9-25(30)38-21(5)13-34-17-29(18-35-14-22(6)39-26(31)10-2,19-36-15-23(7)40-27(32)11-3)20-37-16-24(8)41-28(33)12-4/h9-12,21-24H,1-4,13-20H2,5-8H3. The summed E-state index contributed by atoms with van der Waals surface area (Å²) in [4.78, 5) is 46.0. The van der Waals surface area contributed by atoms with Crippen molar-refractivity contribution in [3.05, 3.63) is 50.6 Å². The molecule has 0 amide bonds. The molecule has 0 aromatic carbocycles. The van der Waals surface area contributed by atoms with Gasteiger partial charge in [-0.2, -0.15) is 0 Å². The maximum Gasteiger partial charge on any atom is 0.330 e. The molecule has 0 spiro atoms. The van der Waals surface area contributed by atoms with Crippen LogP contribution in [-0.4, -0.2) is 101 Å². The van der Waals surface area contributed by atoms with E-state index in [1.165, 1.54) is 0 Å². The Morgan fingerprint density at radius 3 is 0.854 bits per heavy atom. The molecule has 232 valence electrons. The fraction of sp³-hybridized carbons (Fsp3) is 0.586. The van der Waals surface area contributed by atoms with Gasteiger partial charge in [0.2, 0.25) is 0 Å². The zero-order valence-corrected chi connectivity index (χ0v) is 24.5. The quantitative estimate of drug-likeness (QED) is 0.0934. The summed E-state index contributed by atoms with van der Waals surface area (Å²) in [6.07, 6.45) is 1.92. The lowest BCUT2D eigenvalue weighted by molar-refractivity contribution is -0.157. The van der Waals surface area contributed by atoms with Crippen LogP contribution in [0.15, 0.2) is 50.6 Å². The number of carbonyl (C=O) groups excluding carboxylic acids is 4. The molecule has 4 atom stereocenters. The summed E-state index contributed by atoms with van der Waals surface area (Å²) >= 11 is 0. The van der Waals surface area contributed by atoms with E-state index in [1.54, 1.807) is 27.7 Å². The molecule has 0 fully saturated rings. The minimum absolute atomic E-state index is 0.0332. The van der Waals surface area contributed by atoms with Gasteiger partial charge in [0.1, 0.15) is 24.4 Å². The van der Waals surface area contributed by atoms with Gasteiger partial charge in [0.15, 0.2) is 0 Å². The van der Waals surface area contributed by atoms with E-state index < -0.39 is 53.7 Å². The van der Waals surface area contributed by atoms with Crippen LogP contribution in [0.3, 0.4) is 0 Å². The van der Waals surface area contributed by atoms with Gasteiger partial charge >= 0.3 is 23.9 Å². The smallest absolute Gasteiger partial charge is 0.330 e. The van der Waals surface area contributed by atoms with Gasteiger partial charge in [0.05, 0.1) is 58.3 Å². The fourth-order valence-electron chi connectivity index (χ4n) is 3.14. The predicted molar refractivity (Wildman–Crippen MR) is 149 cm³/mol. The highest BCUT2D eigenvalue weighted by Gasteiger charge is 2.34. The molecular formula is C29H44O12. The number of ether oxygens (including phenoxy) is 8. The Kier molecular flexibility index (Phi) is 19.7. The lowest BCUT2D eigenvalue weighted by Gasteiger charge is -2.34. The van der Waals surface area contributed by atoms with Crippen molar-refractivity contribution in [2.45, 2.75) is 52.1 Å². The summed E-state index contributed by atoms with van der Waals surface area (Å²) in [5, 5.41) is 0. The van der Waals surface area contributed by atoms with Gasteiger partial charge in [-0.1, -0.05) is 26.3 Å². The van der Waals surface area contributed by atoms with Gasteiger partial charge in [-0.15, -0.1) is 0 Å². The van der Waals surface area contributed by atoms with E-state index in [9.17, 15) is 19.2 Å². The normalized spacial score (nSPS) is 15.1. The second-order valence-corrected chi connectivity index (χ2v) is 9.37. The Morgan fingerprint density at radius 2 is 0.683 bits per heavy atom. The van der Waals surface area contributed by atoms with E-state index in [1.807, 2.05) is 0 Å². The summed E-state index contributed by atoms with van der Waals surface area (Å²) in [6, 6.07) is 0. The van der Waals surface area contributed by atoms with Crippen LogP contribution in [0.4, 0.5) is 0 Å². The SMILES string of the molecule is C=CC(=O)OC(C)COCC(COCC(C)OC(=O)C=C)(COCC(C)OC(=O)C=C)COCC(C)OC(=O)C=C. The number of hydrogen-bond acceptors (Lipinski definition) is 12. The number of esters is 4. The zero-order valence-electron chi connectivity index (χ0n) is 24.5. The van der Waals surface area contributed by atoms with Crippen LogP contribution in [0.2, 0.25) is 0 Å². The van der Waals surface area contributed by atoms with Gasteiger partial charge in [-0.3, -0.25) is 0 Å². The summed E-state index contributed by atoms with van der Waals surface area (Å²) < 4.78 is 44.1. The average molecular weight is 585 g/mol. The summed E-state index contributed by atoms with van der Waals surface area (Å²) in [7, 11) is 0. The Morgan fingerprint density at radius 1 is 0.488 bits per heavy atom. The van der Waals surface area contributed by atoms with E-state index in [4.69, 9.17) is 37.9 Å². The van der Waals surface area contributed by atoms with Crippen molar-refractivity contribution < 1.29 is 57.1 Å². The highest BCUT2D eigenvalue weighted by Crippen LogP contribution is 2.22. The van der Waals surface area contributed by atoms with Crippen molar-refractivity contribution in [3.63, 3.8) is 0 Å². The maximum atomic E-state index is 11.5. The maximum absolute atomic E-state index is 11.5. The van der Waals surface area contributed by atoms with Crippen LogP contribution >= 0.6 is 0 Å². The molecule has 0 saturated heterocycles. The molecule has 0 aliphatic rings. The Balaban J connectivity index is 5.62. The molecule has 12 heteroatoms. The number of rotatable bonds is 24. The van der Waals surface area contributed by atoms with E-state index in [-0.39, 0.29) is 52.9 Å². The van der Waals surface area contributed by atoms with Crippen molar-refractivity contribution in [2.75, 3.05) is 52.9 Å². The second kappa shape index (κ2) is 21.4. The van der Waals surface area contributed by atoms with Crippen molar-refractivity contribution in [1.29, 1.82) is 0 Å². The third kappa shape index (κ3) is 18.6. The second-order valence-electron chi connectivity index (χ2n) is 9.37. The molecule has 0 aliphatic heterocycles. The number of hydrogen-bond donors (Lipinski definition) is 0. The molecule has 0 aromatic heterocycles. The highest BCUT2D eigenvalue weighted by molar-refractivity contribution is 5.82. The third-order valence-electron chi connectivity index (χ3n) is 4.98. The first-order valence-corrected chi connectivity index (χ1v) is 13.0. The van der Waals surface area contributed by atoms with Crippen LogP contribution in [-0.2, 0) is 57.1 Å². The first-order valence-electron chi connectivity index (χ1n) is 13.0. The van der Waals surface area contributed by atoms with Crippen molar-refractivity contribution in [3.8, 4) is 0 Å². The average Bonchev–Trinajstić information content (AvgIpc) is 2.92. The van der Waals surface area contributed by atoms with E-state index in [0.29, 0.717) is 0 Å². The lowest BCUT2D eigenvalue weighted by atomic mass is 9.92. The molecule has 41 heavy (non-hydrogen) atoms. The third-order valence-corrected chi connectivity index (χ3v) is 4.98. The predicted octanol–water partition coefficient (Wildman–Crippen LogP) is 2.51. The van der Waals surface area contributed by atoms with Crippen LogP contribution < -0.4 is 0 Å². The molecule has 0 aliphatic carbocycles. The number of carbonyl (C=O) groups is 4. The van der Waals surface area contributed by atoms with Crippen molar-refractivity contribution in [2.24, 2.45) is 5.41 Å². The molecule has 0 rings (SSSR count). The van der Waals surface area contributed by atoms with E-state index >= 15 is 0 Å². The first-order chi connectivity index (χ1) is 19.4. The molecule has 12 nitrogen and oxygen atoms in total. The van der Waals surface area contributed by atoms with E-state index in [2.05, 4.69) is 26.3 Å².